The molecule has 0 aromatic carbocycles. The Morgan fingerprint density at radius 1 is 0.895 bits per heavy atom. The van der Waals surface area contributed by atoms with E-state index in [2.05, 4.69) is 19.2 Å². The monoisotopic (exact) mass is 273 g/mol. The molecule has 0 rings (SSSR count). The first-order chi connectivity index (χ1) is 9.24. The largest absolute Gasteiger partial charge is 0.385 e. The number of unbranched alkanes of at least 4 members (excludes halogenated alkanes) is 2. The van der Waals surface area contributed by atoms with Gasteiger partial charge in [-0.1, -0.05) is 33.1 Å². The van der Waals surface area contributed by atoms with Crippen LogP contribution in [0, 0.1) is 5.41 Å². The van der Waals surface area contributed by atoms with E-state index in [1.54, 1.807) is 14.2 Å². The third-order valence-electron chi connectivity index (χ3n) is 4.10. The zero-order chi connectivity index (χ0) is 14.4. The van der Waals surface area contributed by atoms with E-state index in [-0.39, 0.29) is 0 Å². The molecule has 0 aliphatic carbocycles. The van der Waals surface area contributed by atoms with E-state index < -0.39 is 0 Å². The van der Waals surface area contributed by atoms with E-state index in [0.29, 0.717) is 5.41 Å². The fraction of sp³-hybridized carbons (Fsp3) is 1.00. The number of methoxy groups -OCH3 is 2. The van der Waals surface area contributed by atoms with Crippen LogP contribution in [0.4, 0.5) is 0 Å². The first-order valence-electron chi connectivity index (χ1n) is 7.93. The van der Waals surface area contributed by atoms with Gasteiger partial charge >= 0.3 is 0 Å². The molecule has 0 spiro atoms. The van der Waals surface area contributed by atoms with Crippen molar-refractivity contribution < 1.29 is 9.47 Å². The molecule has 0 aromatic heterocycles. The highest BCUT2D eigenvalue weighted by atomic mass is 16.5. The quantitative estimate of drug-likeness (QED) is 0.490. The van der Waals surface area contributed by atoms with Gasteiger partial charge < -0.3 is 14.8 Å². The number of ether oxygens (including phenoxy) is 2. The van der Waals surface area contributed by atoms with Gasteiger partial charge in [-0.2, -0.15) is 0 Å². The molecule has 0 aliphatic heterocycles. The molecule has 3 heteroatoms. The van der Waals surface area contributed by atoms with Crippen LogP contribution in [0.5, 0.6) is 0 Å². The lowest BCUT2D eigenvalue weighted by Crippen LogP contribution is -2.35. The summed E-state index contributed by atoms with van der Waals surface area (Å²) < 4.78 is 10.3. The summed E-state index contributed by atoms with van der Waals surface area (Å²) in [5.41, 5.74) is 0.470. The zero-order valence-electron chi connectivity index (χ0n) is 13.6. The summed E-state index contributed by atoms with van der Waals surface area (Å²) in [5.74, 6) is 0. The summed E-state index contributed by atoms with van der Waals surface area (Å²) in [6.07, 6.45) is 9.00. The summed E-state index contributed by atoms with van der Waals surface area (Å²) in [4.78, 5) is 0. The van der Waals surface area contributed by atoms with Gasteiger partial charge in [0.15, 0.2) is 0 Å². The van der Waals surface area contributed by atoms with Crippen LogP contribution < -0.4 is 5.32 Å². The van der Waals surface area contributed by atoms with Crippen LogP contribution in [0.1, 0.15) is 58.8 Å². The Bertz CT molecular complexity index is 174. The normalized spacial score (nSPS) is 14.5. The van der Waals surface area contributed by atoms with Gasteiger partial charge in [0.25, 0.3) is 0 Å². The molecule has 0 aromatic rings. The lowest BCUT2D eigenvalue weighted by Gasteiger charge is -2.33. The van der Waals surface area contributed by atoms with E-state index >= 15 is 0 Å². The van der Waals surface area contributed by atoms with E-state index in [1.807, 2.05) is 0 Å². The zero-order valence-corrected chi connectivity index (χ0v) is 13.6. The van der Waals surface area contributed by atoms with Crippen LogP contribution in [-0.4, -0.2) is 40.5 Å². The predicted molar refractivity (Wildman–Crippen MR) is 82.7 cm³/mol. The SMILES string of the molecule is CCCCC(CC)(CCCCOC)CNCCOC. The molecule has 0 bridgehead atoms. The third kappa shape index (κ3) is 9.42. The van der Waals surface area contributed by atoms with Gasteiger partial charge in [0.2, 0.25) is 0 Å². The smallest absolute Gasteiger partial charge is 0.0587 e. The lowest BCUT2D eigenvalue weighted by atomic mass is 9.76. The Labute approximate surface area is 120 Å². The van der Waals surface area contributed by atoms with Crippen LogP contribution in [-0.2, 0) is 9.47 Å². The Kier molecular flexibility index (Phi) is 12.8. The topological polar surface area (TPSA) is 30.5 Å². The Balaban J connectivity index is 4.15. The highest BCUT2D eigenvalue weighted by Crippen LogP contribution is 2.34. The molecule has 1 unspecified atom stereocenters. The Morgan fingerprint density at radius 3 is 2.16 bits per heavy atom. The van der Waals surface area contributed by atoms with E-state index in [0.717, 1.165) is 26.3 Å². The van der Waals surface area contributed by atoms with Crippen LogP contribution in [0.2, 0.25) is 0 Å². The van der Waals surface area contributed by atoms with E-state index in [4.69, 9.17) is 9.47 Å². The van der Waals surface area contributed by atoms with Crippen molar-refractivity contribution in [2.45, 2.75) is 58.8 Å². The Morgan fingerprint density at radius 2 is 1.58 bits per heavy atom. The van der Waals surface area contributed by atoms with Crippen molar-refractivity contribution in [2.24, 2.45) is 5.41 Å². The van der Waals surface area contributed by atoms with Gasteiger partial charge in [0.05, 0.1) is 6.61 Å². The summed E-state index contributed by atoms with van der Waals surface area (Å²) in [6.45, 7) is 8.40. The maximum absolute atomic E-state index is 5.15. The number of rotatable bonds is 14. The van der Waals surface area contributed by atoms with Gasteiger partial charge in [-0.15, -0.1) is 0 Å². The van der Waals surface area contributed by atoms with Crippen molar-refractivity contribution in [1.29, 1.82) is 0 Å². The minimum Gasteiger partial charge on any atom is -0.385 e. The summed E-state index contributed by atoms with van der Waals surface area (Å²) in [7, 11) is 3.55. The van der Waals surface area contributed by atoms with Crippen molar-refractivity contribution in [1.82, 2.24) is 5.32 Å². The summed E-state index contributed by atoms with van der Waals surface area (Å²) in [6, 6.07) is 0. The molecule has 0 aliphatic rings. The predicted octanol–water partition coefficient (Wildman–Crippen LogP) is 3.63. The molecule has 3 nitrogen and oxygen atoms in total. The number of nitrogens with one attached hydrogen (secondary N) is 1. The average Bonchev–Trinajstić information content (AvgIpc) is 2.45. The van der Waals surface area contributed by atoms with Crippen molar-refractivity contribution >= 4 is 0 Å². The number of hydrogen-bond donors (Lipinski definition) is 1. The fourth-order valence-corrected chi connectivity index (χ4v) is 2.61. The van der Waals surface area contributed by atoms with Crippen molar-refractivity contribution in [3.05, 3.63) is 0 Å². The molecule has 0 heterocycles. The van der Waals surface area contributed by atoms with E-state index in [9.17, 15) is 0 Å². The van der Waals surface area contributed by atoms with Crippen molar-refractivity contribution in [2.75, 3.05) is 40.5 Å². The van der Waals surface area contributed by atoms with Crippen LogP contribution in [0.3, 0.4) is 0 Å². The second-order valence-electron chi connectivity index (χ2n) is 5.58. The standard InChI is InChI=1S/C16H35NO2/c1-5-7-10-16(6-2,11-8-9-13-18-3)15-17-12-14-19-4/h17H,5-15H2,1-4H3. The summed E-state index contributed by atoms with van der Waals surface area (Å²) in [5, 5.41) is 3.57. The first kappa shape index (κ1) is 18.9. The van der Waals surface area contributed by atoms with Gasteiger partial charge in [0, 0.05) is 33.9 Å². The molecule has 0 saturated heterocycles. The van der Waals surface area contributed by atoms with Crippen molar-refractivity contribution in [3.63, 3.8) is 0 Å². The van der Waals surface area contributed by atoms with Crippen LogP contribution in [0.25, 0.3) is 0 Å². The van der Waals surface area contributed by atoms with E-state index in [1.165, 1.54) is 44.9 Å². The highest BCUT2D eigenvalue weighted by molar-refractivity contribution is 4.80. The molecule has 0 amide bonds. The molecule has 1 atom stereocenters. The number of hydrogen-bond acceptors (Lipinski definition) is 3. The third-order valence-corrected chi connectivity index (χ3v) is 4.10. The van der Waals surface area contributed by atoms with Gasteiger partial charge in [0.1, 0.15) is 0 Å². The lowest BCUT2D eigenvalue weighted by molar-refractivity contribution is 0.161. The molecule has 19 heavy (non-hydrogen) atoms. The maximum atomic E-state index is 5.15. The van der Waals surface area contributed by atoms with Gasteiger partial charge in [-0.3, -0.25) is 0 Å². The van der Waals surface area contributed by atoms with Gasteiger partial charge in [-0.25, -0.2) is 0 Å². The first-order valence-corrected chi connectivity index (χ1v) is 7.93. The summed E-state index contributed by atoms with van der Waals surface area (Å²) >= 11 is 0. The average molecular weight is 273 g/mol. The van der Waals surface area contributed by atoms with Gasteiger partial charge in [-0.05, 0) is 31.1 Å². The molecular weight excluding hydrogens is 238 g/mol. The molecular formula is C16H35NO2. The minimum atomic E-state index is 0.470. The van der Waals surface area contributed by atoms with Crippen LogP contribution >= 0.6 is 0 Å². The second-order valence-corrected chi connectivity index (χ2v) is 5.58. The molecule has 0 saturated carbocycles. The molecule has 0 radical (unpaired) electrons. The molecule has 1 N–H and O–H groups in total. The van der Waals surface area contributed by atoms with Crippen molar-refractivity contribution in [3.8, 4) is 0 Å². The van der Waals surface area contributed by atoms with Crippen LogP contribution in [0.15, 0.2) is 0 Å². The fourth-order valence-electron chi connectivity index (χ4n) is 2.61. The second kappa shape index (κ2) is 12.9. The molecule has 0 fully saturated rings. The highest BCUT2D eigenvalue weighted by Gasteiger charge is 2.26. The molecule has 116 valence electrons. The maximum Gasteiger partial charge on any atom is 0.0587 e. The minimum absolute atomic E-state index is 0.470. The Hall–Kier alpha value is -0.120.